The molecule has 1 aromatic rings. The van der Waals surface area contributed by atoms with Crippen molar-refractivity contribution in [1.82, 2.24) is 5.32 Å². The molecule has 0 radical (unpaired) electrons. The average Bonchev–Trinajstić information content (AvgIpc) is 2.50. The van der Waals surface area contributed by atoms with Crippen LogP contribution in [0.25, 0.3) is 0 Å². The first-order chi connectivity index (χ1) is 8.98. The van der Waals surface area contributed by atoms with Gasteiger partial charge in [0, 0.05) is 16.1 Å². The van der Waals surface area contributed by atoms with Gasteiger partial charge in [-0.2, -0.15) is 0 Å². The number of hydrogen-bond acceptors (Lipinski definition) is 2. The summed E-state index contributed by atoms with van der Waals surface area (Å²) in [5, 5.41) is 3.48. The summed E-state index contributed by atoms with van der Waals surface area (Å²) in [7, 11) is 2.05. The molecule has 19 heavy (non-hydrogen) atoms. The van der Waals surface area contributed by atoms with Crippen molar-refractivity contribution in [3.8, 4) is 5.75 Å². The zero-order valence-electron chi connectivity index (χ0n) is 12.3. The van der Waals surface area contributed by atoms with Gasteiger partial charge in [-0.05, 0) is 56.3 Å². The summed E-state index contributed by atoms with van der Waals surface area (Å²) in [5.41, 5.74) is 3.12. The summed E-state index contributed by atoms with van der Waals surface area (Å²) in [6.07, 6.45) is 3.45. The first-order valence-corrected chi connectivity index (χ1v) is 7.89. The third-order valence-electron chi connectivity index (χ3n) is 4.07. The molecule has 0 fully saturated rings. The molecule has 0 spiro atoms. The van der Waals surface area contributed by atoms with Crippen molar-refractivity contribution in [2.75, 3.05) is 13.7 Å². The van der Waals surface area contributed by atoms with Gasteiger partial charge in [0.2, 0.25) is 0 Å². The van der Waals surface area contributed by atoms with Crippen LogP contribution in [-0.2, 0) is 6.42 Å². The fraction of sp³-hybridized carbons (Fsp3) is 0.625. The molecule has 0 saturated heterocycles. The summed E-state index contributed by atoms with van der Waals surface area (Å²) >= 11 is 3.73. The van der Waals surface area contributed by atoms with Crippen molar-refractivity contribution < 1.29 is 4.74 Å². The maximum atomic E-state index is 5.83. The zero-order valence-corrected chi connectivity index (χ0v) is 13.9. The largest absolute Gasteiger partial charge is 0.494 e. The van der Waals surface area contributed by atoms with E-state index in [-0.39, 0.29) is 0 Å². The minimum atomic E-state index is 0.357. The van der Waals surface area contributed by atoms with E-state index in [4.69, 9.17) is 4.74 Å². The van der Waals surface area contributed by atoms with Gasteiger partial charge in [0.25, 0.3) is 0 Å². The van der Waals surface area contributed by atoms with Gasteiger partial charge in [-0.15, -0.1) is 0 Å². The summed E-state index contributed by atoms with van der Waals surface area (Å²) in [4.78, 5) is 0. The lowest BCUT2D eigenvalue weighted by atomic mass is 9.83. The Morgan fingerprint density at radius 1 is 1.42 bits per heavy atom. The van der Waals surface area contributed by atoms with Crippen molar-refractivity contribution in [2.45, 2.75) is 46.1 Å². The number of rotatable bonds is 3. The van der Waals surface area contributed by atoms with Crippen molar-refractivity contribution in [3.05, 3.63) is 27.7 Å². The second-order valence-corrected chi connectivity index (χ2v) is 6.93. The molecule has 3 heteroatoms. The lowest BCUT2D eigenvalue weighted by Crippen LogP contribution is -2.23. The van der Waals surface area contributed by atoms with E-state index >= 15 is 0 Å². The Hall–Kier alpha value is -0.540. The normalized spacial score (nSPS) is 21.6. The average molecular weight is 326 g/mol. The second-order valence-electron chi connectivity index (χ2n) is 6.08. The third kappa shape index (κ3) is 3.14. The topological polar surface area (TPSA) is 21.3 Å². The quantitative estimate of drug-likeness (QED) is 0.828. The van der Waals surface area contributed by atoms with Crippen LogP contribution in [0.2, 0.25) is 0 Å². The molecule has 0 aromatic heterocycles. The molecular weight excluding hydrogens is 302 g/mol. The molecule has 1 aliphatic carbocycles. The fourth-order valence-electron chi connectivity index (χ4n) is 3.01. The number of nitrogens with one attached hydrogen (secondary N) is 1. The van der Waals surface area contributed by atoms with Crippen LogP contribution in [0.3, 0.4) is 0 Å². The summed E-state index contributed by atoms with van der Waals surface area (Å²) in [6, 6.07) is 4.60. The molecule has 2 rings (SSSR count). The number of halogens is 1. The summed E-state index contributed by atoms with van der Waals surface area (Å²) < 4.78 is 7.02. The molecule has 0 aliphatic heterocycles. The molecular formula is C16H24BrNO. The first-order valence-electron chi connectivity index (χ1n) is 7.10. The van der Waals surface area contributed by atoms with E-state index in [0.717, 1.165) is 25.2 Å². The van der Waals surface area contributed by atoms with Crippen LogP contribution in [0.4, 0.5) is 0 Å². The smallest absolute Gasteiger partial charge is 0.122 e. The van der Waals surface area contributed by atoms with Gasteiger partial charge in [-0.3, -0.25) is 0 Å². The van der Waals surface area contributed by atoms with Crippen LogP contribution in [0.15, 0.2) is 16.6 Å². The Balaban J connectivity index is 2.51. The third-order valence-corrected chi connectivity index (χ3v) is 4.76. The monoisotopic (exact) mass is 325 g/mol. The Morgan fingerprint density at radius 2 is 2.16 bits per heavy atom. The molecule has 1 aliphatic rings. The van der Waals surface area contributed by atoms with Crippen LogP contribution >= 0.6 is 15.9 Å². The molecule has 0 saturated carbocycles. The van der Waals surface area contributed by atoms with Gasteiger partial charge in [0.1, 0.15) is 5.75 Å². The van der Waals surface area contributed by atoms with E-state index < -0.39 is 0 Å². The molecule has 1 aromatic carbocycles. The molecule has 2 nitrogen and oxygen atoms in total. The zero-order chi connectivity index (χ0) is 14.0. The van der Waals surface area contributed by atoms with Crippen LogP contribution in [0.5, 0.6) is 5.75 Å². The highest BCUT2D eigenvalue weighted by Gasteiger charge is 2.31. The minimum absolute atomic E-state index is 0.357. The minimum Gasteiger partial charge on any atom is -0.494 e. The maximum absolute atomic E-state index is 5.83. The van der Waals surface area contributed by atoms with Crippen molar-refractivity contribution >= 4 is 15.9 Å². The van der Waals surface area contributed by atoms with Crippen LogP contribution in [0.1, 0.15) is 50.8 Å². The molecule has 0 amide bonds. The van der Waals surface area contributed by atoms with Crippen LogP contribution < -0.4 is 10.1 Å². The lowest BCUT2D eigenvalue weighted by Gasteiger charge is -2.27. The highest BCUT2D eigenvalue weighted by atomic mass is 79.9. The Labute approximate surface area is 125 Å². The number of hydrogen-bond donors (Lipinski definition) is 1. The molecule has 106 valence electrons. The van der Waals surface area contributed by atoms with Crippen molar-refractivity contribution in [1.29, 1.82) is 0 Å². The van der Waals surface area contributed by atoms with E-state index in [0.29, 0.717) is 11.5 Å². The highest BCUT2D eigenvalue weighted by molar-refractivity contribution is 9.10. The lowest BCUT2D eigenvalue weighted by molar-refractivity contribution is 0.278. The SMILES string of the molecule is CCOc1ccc(Br)c2c1CCC(C)(C)CC2NC. The highest BCUT2D eigenvalue weighted by Crippen LogP contribution is 2.44. The Morgan fingerprint density at radius 3 is 2.79 bits per heavy atom. The van der Waals surface area contributed by atoms with Crippen molar-refractivity contribution in [3.63, 3.8) is 0 Å². The predicted octanol–water partition coefficient (Wildman–Crippen LogP) is 4.47. The van der Waals surface area contributed by atoms with Gasteiger partial charge in [0.05, 0.1) is 6.61 Å². The standard InChI is InChI=1S/C16H24BrNO/c1-5-19-14-7-6-12(17)15-11(14)8-9-16(2,3)10-13(15)18-4/h6-7,13,18H,5,8-10H2,1-4H3. The molecule has 1 unspecified atom stereocenters. The van der Waals surface area contributed by atoms with E-state index in [1.54, 1.807) is 0 Å². The van der Waals surface area contributed by atoms with E-state index in [9.17, 15) is 0 Å². The molecule has 0 bridgehead atoms. The molecule has 1 N–H and O–H groups in total. The fourth-order valence-corrected chi connectivity index (χ4v) is 3.66. The number of ether oxygens (including phenoxy) is 1. The van der Waals surface area contributed by atoms with E-state index in [1.807, 2.05) is 6.92 Å². The number of benzene rings is 1. The van der Waals surface area contributed by atoms with Gasteiger partial charge in [-0.1, -0.05) is 29.8 Å². The van der Waals surface area contributed by atoms with E-state index in [1.165, 1.54) is 22.0 Å². The van der Waals surface area contributed by atoms with Gasteiger partial charge >= 0.3 is 0 Å². The van der Waals surface area contributed by atoms with Crippen LogP contribution in [-0.4, -0.2) is 13.7 Å². The van der Waals surface area contributed by atoms with Gasteiger partial charge < -0.3 is 10.1 Å². The van der Waals surface area contributed by atoms with Crippen molar-refractivity contribution in [2.24, 2.45) is 5.41 Å². The second kappa shape index (κ2) is 5.84. The Bertz CT molecular complexity index is 456. The maximum Gasteiger partial charge on any atom is 0.122 e. The number of fused-ring (bicyclic) bond motifs is 1. The molecule has 0 heterocycles. The molecule has 1 atom stereocenters. The van der Waals surface area contributed by atoms with E-state index in [2.05, 4.69) is 54.3 Å². The first kappa shape index (κ1) is 14.9. The predicted molar refractivity (Wildman–Crippen MR) is 83.8 cm³/mol. The van der Waals surface area contributed by atoms with Gasteiger partial charge in [-0.25, -0.2) is 0 Å². The summed E-state index contributed by atoms with van der Waals surface area (Å²) in [6.45, 7) is 7.49. The van der Waals surface area contributed by atoms with Crippen LogP contribution in [0, 0.1) is 5.41 Å². The summed E-state index contributed by atoms with van der Waals surface area (Å²) in [5.74, 6) is 1.05. The van der Waals surface area contributed by atoms with Gasteiger partial charge in [0.15, 0.2) is 0 Å². The Kier molecular flexibility index (Phi) is 4.57.